The summed E-state index contributed by atoms with van der Waals surface area (Å²) in [5.74, 6) is 0.443. The van der Waals surface area contributed by atoms with Crippen molar-refractivity contribution in [3.05, 3.63) is 58.1 Å². The van der Waals surface area contributed by atoms with Crippen LogP contribution >= 0.6 is 15.9 Å². The van der Waals surface area contributed by atoms with Gasteiger partial charge in [-0.1, -0.05) is 28.1 Å². The zero-order valence-electron chi connectivity index (χ0n) is 17.4. The van der Waals surface area contributed by atoms with E-state index in [-0.39, 0.29) is 22.8 Å². The van der Waals surface area contributed by atoms with Gasteiger partial charge in [0, 0.05) is 23.5 Å². The minimum Gasteiger partial charge on any atom is -0.496 e. The van der Waals surface area contributed by atoms with E-state index in [9.17, 15) is 13.2 Å². The Kier molecular flexibility index (Phi) is 7.21. The van der Waals surface area contributed by atoms with Gasteiger partial charge >= 0.3 is 0 Å². The highest BCUT2D eigenvalue weighted by molar-refractivity contribution is 9.10. The zero-order valence-corrected chi connectivity index (χ0v) is 19.8. The maximum atomic E-state index is 13.0. The summed E-state index contributed by atoms with van der Waals surface area (Å²) in [5.41, 5.74) is 1.80. The Morgan fingerprint density at radius 1 is 1.17 bits per heavy atom. The van der Waals surface area contributed by atoms with Crippen molar-refractivity contribution < 1.29 is 17.9 Å². The van der Waals surface area contributed by atoms with E-state index in [1.54, 1.807) is 25.3 Å². The highest BCUT2D eigenvalue weighted by Gasteiger charge is 2.32. The average molecular weight is 495 g/mol. The lowest BCUT2D eigenvalue weighted by molar-refractivity contribution is -0.126. The summed E-state index contributed by atoms with van der Waals surface area (Å²) in [6, 6.07) is 12.6. The van der Waals surface area contributed by atoms with E-state index in [1.165, 1.54) is 4.31 Å². The third kappa shape index (κ3) is 5.04. The van der Waals surface area contributed by atoms with Gasteiger partial charge in [0.2, 0.25) is 15.9 Å². The number of methoxy groups -OCH3 is 1. The lowest BCUT2D eigenvalue weighted by Crippen LogP contribution is -2.43. The number of sulfonamides is 1. The van der Waals surface area contributed by atoms with Crippen LogP contribution < -0.4 is 10.1 Å². The topological polar surface area (TPSA) is 75.7 Å². The molecule has 1 aliphatic heterocycles. The highest BCUT2D eigenvalue weighted by atomic mass is 79.9. The van der Waals surface area contributed by atoms with Crippen LogP contribution in [0.4, 0.5) is 0 Å². The molecule has 162 valence electrons. The van der Waals surface area contributed by atoms with E-state index in [1.807, 2.05) is 38.1 Å². The maximum absolute atomic E-state index is 13.0. The molecule has 1 fully saturated rings. The Hall–Kier alpha value is -1.90. The fourth-order valence-corrected chi connectivity index (χ4v) is 5.50. The van der Waals surface area contributed by atoms with Crippen LogP contribution in [0.2, 0.25) is 0 Å². The highest BCUT2D eigenvalue weighted by Crippen LogP contribution is 2.27. The van der Waals surface area contributed by atoms with Crippen molar-refractivity contribution in [1.29, 1.82) is 0 Å². The predicted molar refractivity (Wildman–Crippen MR) is 120 cm³/mol. The number of aryl methyl sites for hydroxylation is 1. The fourth-order valence-electron chi connectivity index (χ4n) is 3.68. The SMILES string of the molecule is COc1ccc(S(=O)(=O)N2CCC(C(=O)N[C@H](C)c3ccc(Br)cc3)CC2)cc1C. The lowest BCUT2D eigenvalue weighted by atomic mass is 9.96. The number of carbonyl (C=O) groups excluding carboxylic acids is 1. The monoisotopic (exact) mass is 494 g/mol. The molecular weight excluding hydrogens is 468 g/mol. The number of amides is 1. The van der Waals surface area contributed by atoms with Crippen molar-refractivity contribution in [3.63, 3.8) is 0 Å². The third-order valence-electron chi connectivity index (χ3n) is 5.56. The second-order valence-electron chi connectivity index (χ2n) is 7.59. The average Bonchev–Trinajstić information content (AvgIpc) is 2.74. The molecule has 0 radical (unpaired) electrons. The van der Waals surface area contributed by atoms with Crippen LogP contribution in [-0.4, -0.2) is 38.8 Å². The van der Waals surface area contributed by atoms with E-state index in [4.69, 9.17) is 4.74 Å². The summed E-state index contributed by atoms with van der Waals surface area (Å²) in [4.78, 5) is 12.9. The smallest absolute Gasteiger partial charge is 0.243 e. The minimum absolute atomic E-state index is 0.0252. The molecule has 1 aliphatic rings. The quantitative estimate of drug-likeness (QED) is 0.657. The van der Waals surface area contributed by atoms with Crippen molar-refractivity contribution >= 4 is 31.9 Å². The number of hydrogen-bond donors (Lipinski definition) is 1. The Morgan fingerprint density at radius 2 is 1.80 bits per heavy atom. The summed E-state index contributed by atoms with van der Waals surface area (Å²) in [7, 11) is -2.03. The first-order chi connectivity index (χ1) is 14.2. The first kappa shape index (κ1) is 22.8. The standard InChI is InChI=1S/C22H27BrN2O4S/c1-15-14-20(8-9-21(15)29-3)30(27,28)25-12-10-18(11-13-25)22(26)24-16(2)17-4-6-19(23)7-5-17/h4-9,14,16,18H,10-13H2,1-3H3,(H,24,26)/t16-/m1/s1. The molecule has 0 unspecified atom stereocenters. The number of benzene rings is 2. The number of ether oxygens (including phenoxy) is 1. The Balaban J connectivity index is 1.60. The Labute approximate surface area is 186 Å². The number of rotatable bonds is 6. The molecule has 2 aromatic carbocycles. The fraction of sp³-hybridized carbons (Fsp3) is 0.409. The van der Waals surface area contributed by atoms with E-state index in [0.717, 1.165) is 15.6 Å². The third-order valence-corrected chi connectivity index (χ3v) is 7.98. The molecule has 1 N–H and O–H groups in total. The zero-order chi connectivity index (χ0) is 21.9. The molecule has 0 spiro atoms. The number of halogens is 1. The molecular formula is C22H27BrN2O4S. The summed E-state index contributed by atoms with van der Waals surface area (Å²) in [6.45, 7) is 4.43. The van der Waals surface area contributed by atoms with Crippen molar-refractivity contribution in [1.82, 2.24) is 9.62 Å². The first-order valence-electron chi connectivity index (χ1n) is 9.93. The van der Waals surface area contributed by atoms with Gasteiger partial charge in [-0.3, -0.25) is 4.79 Å². The summed E-state index contributed by atoms with van der Waals surface area (Å²) in [6.07, 6.45) is 1.01. The second-order valence-corrected chi connectivity index (χ2v) is 10.4. The van der Waals surface area contributed by atoms with Crippen LogP contribution in [0.5, 0.6) is 5.75 Å². The largest absolute Gasteiger partial charge is 0.496 e. The summed E-state index contributed by atoms with van der Waals surface area (Å²) < 4.78 is 33.6. The van der Waals surface area contributed by atoms with Gasteiger partial charge in [-0.05, 0) is 68.1 Å². The van der Waals surface area contributed by atoms with Crippen LogP contribution in [0, 0.1) is 12.8 Å². The van der Waals surface area contributed by atoms with Gasteiger partial charge in [0.05, 0.1) is 18.0 Å². The predicted octanol–water partition coefficient (Wildman–Crippen LogP) is 4.04. The Morgan fingerprint density at radius 3 is 2.37 bits per heavy atom. The molecule has 30 heavy (non-hydrogen) atoms. The van der Waals surface area contributed by atoms with E-state index >= 15 is 0 Å². The molecule has 0 aromatic heterocycles. The molecule has 0 aliphatic carbocycles. The van der Waals surface area contributed by atoms with Gasteiger partial charge in [0.1, 0.15) is 5.75 Å². The van der Waals surface area contributed by atoms with Crippen molar-refractivity contribution in [2.45, 2.75) is 37.6 Å². The van der Waals surface area contributed by atoms with E-state index < -0.39 is 10.0 Å². The number of nitrogens with zero attached hydrogens (tertiary/aromatic N) is 1. The van der Waals surface area contributed by atoms with E-state index in [2.05, 4.69) is 21.2 Å². The number of piperidine rings is 1. The molecule has 0 saturated carbocycles. The van der Waals surface area contributed by atoms with Crippen LogP contribution in [0.1, 0.15) is 36.9 Å². The summed E-state index contributed by atoms with van der Waals surface area (Å²) >= 11 is 3.41. The molecule has 3 rings (SSSR count). The molecule has 8 heteroatoms. The van der Waals surface area contributed by atoms with Crippen LogP contribution in [0.15, 0.2) is 51.8 Å². The van der Waals surface area contributed by atoms with Crippen molar-refractivity contribution in [2.24, 2.45) is 5.92 Å². The van der Waals surface area contributed by atoms with Gasteiger partial charge in [-0.15, -0.1) is 0 Å². The van der Waals surface area contributed by atoms with E-state index in [0.29, 0.717) is 31.7 Å². The number of carbonyl (C=O) groups is 1. The van der Waals surface area contributed by atoms with Crippen LogP contribution in [0.25, 0.3) is 0 Å². The van der Waals surface area contributed by atoms with Crippen LogP contribution in [0.3, 0.4) is 0 Å². The number of hydrogen-bond acceptors (Lipinski definition) is 4. The molecule has 1 amide bonds. The molecule has 1 heterocycles. The summed E-state index contributed by atoms with van der Waals surface area (Å²) in [5, 5.41) is 3.05. The molecule has 1 atom stereocenters. The molecule has 1 saturated heterocycles. The minimum atomic E-state index is -3.59. The van der Waals surface area contributed by atoms with Crippen molar-refractivity contribution in [3.8, 4) is 5.75 Å². The lowest BCUT2D eigenvalue weighted by Gasteiger charge is -2.31. The Bertz CT molecular complexity index is 1000. The van der Waals surface area contributed by atoms with Gasteiger partial charge in [-0.2, -0.15) is 4.31 Å². The second kappa shape index (κ2) is 9.49. The number of nitrogens with one attached hydrogen (secondary N) is 1. The molecule has 0 bridgehead atoms. The normalized spacial score (nSPS) is 16.8. The van der Waals surface area contributed by atoms with Gasteiger partial charge < -0.3 is 10.1 Å². The molecule has 6 nitrogen and oxygen atoms in total. The van der Waals surface area contributed by atoms with Gasteiger partial charge in [0.25, 0.3) is 0 Å². The van der Waals surface area contributed by atoms with Crippen molar-refractivity contribution in [2.75, 3.05) is 20.2 Å². The van der Waals surface area contributed by atoms with Gasteiger partial charge in [-0.25, -0.2) is 8.42 Å². The first-order valence-corrected chi connectivity index (χ1v) is 12.2. The van der Waals surface area contributed by atoms with Crippen LogP contribution in [-0.2, 0) is 14.8 Å². The molecule has 2 aromatic rings. The van der Waals surface area contributed by atoms with Gasteiger partial charge in [0.15, 0.2) is 0 Å². The maximum Gasteiger partial charge on any atom is 0.243 e.